The summed E-state index contributed by atoms with van der Waals surface area (Å²) < 4.78 is 5.27. The summed E-state index contributed by atoms with van der Waals surface area (Å²) in [5.74, 6) is -0.306. The highest BCUT2D eigenvalue weighted by molar-refractivity contribution is 5.74. The van der Waals surface area contributed by atoms with E-state index in [4.69, 9.17) is 9.84 Å². The van der Waals surface area contributed by atoms with Crippen LogP contribution in [0.3, 0.4) is 0 Å². The first-order chi connectivity index (χ1) is 6.70. The Labute approximate surface area is 83.8 Å². The zero-order valence-corrected chi connectivity index (χ0v) is 8.48. The van der Waals surface area contributed by atoms with Gasteiger partial charge in [0.1, 0.15) is 6.04 Å². The Morgan fingerprint density at radius 1 is 1.50 bits per heavy atom. The molecule has 0 spiro atoms. The average molecular weight is 199 g/mol. The molecule has 0 amide bonds. The predicted molar refractivity (Wildman–Crippen MR) is 51.1 cm³/mol. The summed E-state index contributed by atoms with van der Waals surface area (Å²) >= 11 is 0. The van der Waals surface area contributed by atoms with Crippen LogP contribution in [0.4, 0.5) is 0 Å². The van der Waals surface area contributed by atoms with E-state index < -0.39 is 5.97 Å². The van der Waals surface area contributed by atoms with E-state index >= 15 is 0 Å². The highest BCUT2D eigenvalue weighted by Crippen LogP contribution is 2.36. The zero-order valence-electron chi connectivity index (χ0n) is 8.48. The summed E-state index contributed by atoms with van der Waals surface area (Å²) in [7, 11) is 1.91. The Morgan fingerprint density at radius 3 is 2.64 bits per heavy atom. The zero-order chi connectivity index (χ0) is 10.1. The van der Waals surface area contributed by atoms with Gasteiger partial charge in [-0.3, -0.25) is 9.69 Å². The molecule has 4 heteroatoms. The molecule has 1 aliphatic carbocycles. The summed E-state index contributed by atoms with van der Waals surface area (Å²) in [4.78, 5) is 13.1. The number of carboxylic acid groups (broad SMARTS) is 1. The topological polar surface area (TPSA) is 49.8 Å². The lowest BCUT2D eigenvalue weighted by Crippen LogP contribution is -2.46. The van der Waals surface area contributed by atoms with Gasteiger partial charge in [0.05, 0.1) is 6.61 Å². The van der Waals surface area contributed by atoms with Gasteiger partial charge >= 0.3 is 5.97 Å². The van der Waals surface area contributed by atoms with Crippen molar-refractivity contribution in [2.45, 2.75) is 31.3 Å². The van der Waals surface area contributed by atoms with E-state index in [1.807, 2.05) is 11.9 Å². The second-order valence-electron chi connectivity index (χ2n) is 4.30. The van der Waals surface area contributed by atoms with Crippen LogP contribution in [0.15, 0.2) is 0 Å². The third-order valence-electron chi connectivity index (χ3n) is 3.24. The van der Waals surface area contributed by atoms with Crippen LogP contribution in [0.5, 0.6) is 0 Å². The molecule has 1 aliphatic heterocycles. The summed E-state index contributed by atoms with van der Waals surface area (Å²) in [6.45, 7) is 1.46. The van der Waals surface area contributed by atoms with Crippen LogP contribution in [0.2, 0.25) is 0 Å². The van der Waals surface area contributed by atoms with Gasteiger partial charge in [-0.2, -0.15) is 0 Å². The second-order valence-corrected chi connectivity index (χ2v) is 4.30. The Bertz CT molecular complexity index is 221. The lowest BCUT2D eigenvalue weighted by molar-refractivity contribution is -0.144. The monoisotopic (exact) mass is 199 g/mol. The molecule has 2 unspecified atom stereocenters. The first kappa shape index (κ1) is 9.93. The molecule has 0 radical (unpaired) electrons. The highest BCUT2D eigenvalue weighted by atomic mass is 16.5. The molecular weight excluding hydrogens is 182 g/mol. The van der Waals surface area contributed by atoms with Crippen molar-refractivity contribution in [1.29, 1.82) is 0 Å². The smallest absolute Gasteiger partial charge is 0.321 e. The summed E-state index contributed by atoms with van der Waals surface area (Å²) in [6.07, 6.45) is 3.09. The SMILES string of the molecule is CN(C1CCOC1)C(C(=O)O)C1CC1. The average Bonchev–Trinajstić information content (AvgIpc) is 2.82. The lowest BCUT2D eigenvalue weighted by atomic mass is 10.1. The van der Waals surface area contributed by atoms with Crippen molar-refractivity contribution < 1.29 is 14.6 Å². The molecule has 2 fully saturated rings. The van der Waals surface area contributed by atoms with Crippen LogP contribution >= 0.6 is 0 Å². The van der Waals surface area contributed by atoms with Crippen LogP contribution in [-0.2, 0) is 9.53 Å². The Balaban J connectivity index is 1.98. The Hall–Kier alpha value is -0.610. The molecule has 1 heterocycles. The summed E-state index contributed by atoms with van der Waals surface area (Å²) in [5, 5.41) is 9.13. The van der Waals surface area contributed by atoms with Gasteiger partial charge in [-0.1, -0.05) is 0 Å². The van der Waals surface area contributed by atoms with E-state index in [9.17, 15) is 4.79 Å². The van der Waals surface area contributed by atoms with Crippen molar-refractivity contribution in [3.8, 4) is 0 Å². The van der Waals surface area contributed by atoms with Crippen molar-refractivity contribution in [2.24, 2.45) is 5.92 Å². The number of likely N-dealkylation sites (N-methyl/N-ethyl adjacent to an activating group) is 1. The number of hydrogen-bond donors (Lipinski definition) is 1. The standard InChI is InChI=1S/C10H17NO3/c1-11(8-4-5-14-6-8)9(10(12)13)7-2-3-7/h7-9H,2-6H2,1H3,(H,12,13). The van der Waals surface area contributed by atoms with Crippen molar-refractivity contribution in [3.05, 3.63) is 0 Å². The molecule has 1 N–H and O–H groups in total. The molecule has 2 rings (SSSR count). The van der Waals surface area contributed by atoms with Crippen molar-refractivity contribution in [1.82, 2.24) is 4.90 Å². The third-order valence-corrected chi connectivity index (χ3v) is 3.24. The Morgan fingerprint density at radius 2 is 2.21 bits per heavy atom. The number of hydrogen-bond acceptors (Lipinski definition) is 3. The molecule has 0 aromatic carbocycles. The Kier molecular flexibility index (Phi) is 2.74. The fourth-order valence-corrected chi connectivity index (χ4v) is 2.19. The molecule has 80 valence electrons. The minimum absolute atomic E-state index is 0.290. The first-order valence-electron chi connectivity index (χ1n) is 5.22. The van der Waals surface area contributed by atoms with Crippen LogP contribution < -0.4 is 0 Å². The lowest BCUT2D eigenvalue weighted by Gasteiger charge is -2.29. The number of rotatable bonds is 4. The van der Waals surface area contributed by atoms with Gasteiger partial charge < -0.3 is 9.84 Å². The van der Waals surface area contributed by atoms with Gasteiger partial charge in [-0.05, 0) is 32.2 Å². The molecular formula is C10H17NO3. The molecule has 1 saturated heterocycles. The van der Waals surface area contributed by atoms with E-state index in [1.165, 1.54) is 0 Å². The van der Waals surface area contributed by atoms with Gasteiger partial charge in [0.25, 0.3) is 0 Å². The summed E-state index contributed by atoms with van der Waals surface area (Å²) in [6, 6.07) is 0.0124. The fourth-order valence-electron chi connectivity index (χ4n) is 2.19. The predicted octanol–water partition coefficient (Wildman–Crippen LogP) is 0.570. The molecule has 4 nitrogen and oxygen atoms in total. The van der Waals surface area contributed by atoms with Crippen molar-refractivity contribution in [3.63, 3.8) is 0 Å². The summed E-state index contributed by atoms with van der Waals surface area (Å²) in [5.41, 5.74) is 0. The quantitative estimate of drug-likeness (QED) is 0.719. The van der Waals surface area contributed by atoms with E-state index in [0.29, 0.717) is 18.6 Å². The third kappa shape index (κ3) is 1.91. The fraction of sp³-hybridized carbons (Fsp3) is 0.900. The number of aliphatic carboxylic acids is 1. The van der Waals surface area contributed by atoms with Gasteiger partial charge in [-0.15, -0.1) is 0 Å². The van der Waals surface area contributed by atoms with E-state index in [0.717, 1.165) is 25.9 Å². The van der Waals surface area contributed by atoms with E-state index in [-0.39, 0.29) is 6.04 Å². The number of nitrogens with zero attached hydrogens (tertiary/aromatic N) is 1. The van der Waals surface area contributed by atoms with Crippen molar-refractivity contribution in [2.75, 3.05) is 20.3 Å². The van der Waals surface area contributed by atoms with E-state index in [1.54, 1.807) is 0 Å². The molecule has 14 heavy (non-hydrogen) atoms. The molecule has 0 aromatic heterocycles. The van der Waals surface area contributed by atoms with Crippen LogP contribution in [-0.4, -0.2) is 48.3 Å². The second kappa shape index (κ2) is 3.87. The van der Waals surface area contributed by atoms with Crippen molar-refractivity contribution >= 4 is 5.97 Å². The number of ether oxygens (including phenoxy) is 1. The highest BCUT2D eigenvalue weighted by Gasteiger charge is 2.41. The van der Waals surface area contributed by atoms with Gasteiger partial charge in [0.15, 0.2) is 0 Å². The van der Waals surface area contributed by atoms with Gasteiger partial charge in [0, 0.05) is 12.6 Å². The maximum atomic E-state index is 11.1. The number of carbonyl (C=O) groups is 1. The maximum absolute atomic E-state index is 11.1. The maximum Gasteiger partial charge on any atom is 0.321 e. The van der Waals surface area contributed by atoms with Crippen LogP contribution in [0, 0.1) is 5.92 Å². The normalized spacial score (nSPS) is 29.4. The van der Waals surface area contributed by atoms with Crippen LogP contribution in [0.1, 0.15) is 19.3 Å². The molecule has 2 aliphatic rings. The van der Waals surface area contributed by atoms with Crippen LogP contribution in [0.25, 0.3) is 0 Å². The van der Waals surface area contributed by atoms with Gasteiger partial charge in [0.2, 0.25) is 0 Å². The van der Waals surface area contributed by atoms with E-state index in [2.05, 4.69) is 0 Å². The first-order valence-corrected chi connectivity index (χ1v) is 5.22. The number of carboxylic acids is 1. The minimum Gasteiger partial charge on any atom is -0.480 e. The molecule has 0 aromatic rings. The minimum atomic E-state index is -0.679. The largest absolute Gasteiger partial charge is 0.480 e. The molecule has 0 bridgehead atoms. The molecule has 2 atom stereocenters. The van der Waals surface area contributed by atoms with Gasteiger partial charge in [-0.25, -0.2) is 0 Å². The molecule has 1 saturated carbocycles.